The number of nitrogens with one attached hydrogen (secondary N) is 1. The third-order valence-electron chi connectivity index (χ3n) is 13.7. The van der Waals surface area contributed by atoms with Crippen LogP contribution in [-0.4, -0.2) is 32.3 Å². The molecule has 4 aliphatic rings. The molecule has 0 spiro atoms. The van der Waals surface area contributed by atoms with Crippen LogP contribution in [0.1, 0.15) is 169 Å². The number of hydrogen-bond acceptors (Lipinski definition) is 3. The van der Waals surface area contributed by atoms with Gasteiger partial charge in [0.15, 0.2) is 0 Å². The SMILES string of the molecule is CCCCCCCCCCCCNCCC[C@@H](C)C1CCC2C3C(OCCCN)CC4CCCCC4(C)C3CCC21C. The fourth-order valence-corrected chi connectivity index (χ4v) is 11.3. The van der Waals surface area contributed by atoms with E-state index in [-0.39, 0.29) is 0 Å². The topological polar surface area (TPSA) is 47.3 Å². The summed E-state index contributed by atoms with van der Waals surface area (Å²) in [4.78, 5) is 0. The monoisotopic (exact) mass is 587 g/mol. The molecule has 4 fully saturated rings. The van der Waals surface area contributed by atoms with Gasteiger partial charge in [0.05, 0.1) is 6.10 Å². The van der Waals surface area contributed by atoms with Gasteiger partial charge < -0.3 is 15.8 Å². The number of nitrogens with two attached hydrogens (primary N) is 1. The van der Waals surface area contributed by atoms with Crippen LogP contribution in [0.3, 0.4) is 0 Å². The first-order valence-electron chi connectivity index (χ1n) is 19.5. The summed E-state index contributed by atoms with van der Waals surface area (Å²) in [6, 6.07) is 0. The second-order valence-corrected chi connectivity index (χ2v) is 16.3. The summed E-state index contributed by atoms with van der Waals surface area (Å²) in [5.74, 6) is 5.22. The van der Waals surface area contributed by atoms with Gasteiger partial charge in [-0.15, -0.1) is 0 Å². The molecule has 3 N–H and O–H groups in total. The van der Waals surface area contributed by atoms with Crippen molar-refractivity contribution in [2.75, 3.05) is 26.2 Å². The van der Waals surface area contributed by atoms with Gasteiger partial charge >= 0.3 is 0 Å². The van der Waals surface area contributed by atoms with Gasteiger partial charge in [-0.3, -0.25) is 0 Å². The Morgan fingerprint density at radius 1 is 0.762 bits per heavy atom. The van der Waals surface area contributed by atoms with Crippen LogP contribution in [0.4, 0.5) is 0 Å². The van der Waals surface area contributed by atoms with Crippen molar-refractivity contribution in [3.8, 4) is 0 Å². The van der Waals surface area contributed by atoms with Crippen molar-refractivity contribution in [2.24, 2.45) is 52.1 Å². The lowest BCUT2D eigenvalue weighted by atomic mass is 9.44. The van der Waals surface area contributed by atoms with Gasteiger partial charge in [-0.25, -0.2) is 0 Å². The molecule has 0 aromatic heterocycles. The fraction of sp³-hybridized carbons (Fsp3) is 1.00. The first-order chi connectivity index (χ1) is 20.5. The highest BCUT2D eigenvalue weighted by Crippen LogP contribution is 2.68. The number of unbranched alkanes of at least 4 members (excludes halogenated alkanes) is 9. The van der Waals surface area contributed by atoms with Gasteiger partial charge in [0, 0.05) is 6.61 Å². The average Bonchev–Trinajstić information content (AvgIpc) is 3.34. The summed E-state index contributed by atoms with van der Waals surface area (Å²) in [6.45, 7) is 14.4. The second kappa shape index (κ2) is 17.5. The number of hydrogen-bond donors (Lipinski definition) is 2. The van der Waals surface area contributed by atoms with E-state index in [4.69, 9.17) is 10.5 Å². The Morgan fingerprint density at radius 2 is 1.45 bits per heavy atom. The van der Waals surface area contributed by atoms with E-state index in [9.17, 15) is 0 Å². The molecule has 4 saturated carbocycles. The average molecular weight is 587 g/mol. The van der Waals surface area contributed by atoms with Crippen molar-refractivity contribution in [1.82, 2.24) is 5.32 Å². The Hall–Kier alpha value is -0.120. The van der Waals surface area contributed by atoms with E-state index < -0.39 is 0 Å². The lowest BCUT2D eigenvalue weighted by Gasteiger charge is -2.62. The molecule has 3 nitrogen and oxygen atoms in total. The molecule has 9 atom stereocenters. The van der Waals surface area contributed by atoms with E-state index in [1.807, 2.05) is 0 Å². The predicted octanol–water partition coefficient (Wildman–Crippen LogP) is 10.3. The zero-order valence-corrected chi connectivity index (χ0v) is 28.9. The lowest BCUT2D eigenvalue weighted by molar-refractivity contribution is -0.180. The maximum atomic E-state index is 6.80. The normalized spacial score (nSPS) is 36.8. The third kappa shape index (κ3) is 8.57. The van der Waals surface area contributed by atoms with Crippen molar-refractivity contribution in [2.45, 2.75) is 175 Å². The van der Waals surface area contributed by atoms with Crippen LogP contribution < -0.4 is 11.1 Å². The highest BCUT2D eigenvalue weighted by atomic mass is 16.5. The van der Waals surface area contributed by atoms with E-state index in [0.29, 0.717) is 16.9 Å². The summed E-state index contributed by atoms with van der Waals surface area (Å²) in [5.41, 5.74) is 6.98. The lowest BCUT2D eigenvalue weighted by Crippen LogP contribution is -2.58. The Labute approximate surface area is 263 Å². The molecule has 0 saturated heterocycles. The van der Waals surface area contributed by atoms with Crippen molar-refractivity contribution in [3.05, 3.63) is 0 Å². The number of fused-ring (bicyclic) bond motifs is 5. The maximum Gasteiger partial charge on any atom is 0.0611 e. The quantitative estimate of drug-likeness (QED) is 0.140. The highest BCUT2D eigenvalue weighted by Gasteiger charge is 2.62. The van der Waals surface area contributed by atoms with Crippen molar-refractivity contribution < 1.29 is 4.74 Å². The molecule has 8 unspecified atom stereocenters. The molecular weight excluding hydrogens is 512 g/mol. The molecule has 0 bridgehead atoms. The zero-order chi connectivity index (χ0) is 29.8. The predicted molar refractivity (Wildman–Crippen MR) is 182 cm³/mol. The summed E-state index contributed by atoms with van der Waals surface area (Å²) in [6.07, 6.45) is 31.6. The molecule has 42 heavy (non-hydrogen) atoms. The van der Waals surface area contributed by atoms with Crippen molar-refractivity contribution in [1.29, 1.82) is 0 Å². The summed E-state index contributed by atoms with van der Waals surface area (Å²) >= 11 is 0. The van der Waals surface area contributed by atoms with Crippen LogP contribution in [0, 0.1) is 46.3 Å². The smallest absolute Gasteiger partial charge is 0.0611 e. The van der Waals surface area contributed by atoms with Crippen LogP contribution >= 0.6 is 0 Å². The van der Waals surface area contributed by atoms with Gasteiger partial charge in [0.2, 0.25) is 0 Å². The van der Waals surface area contributed by atoms with Crippen molar-refractivity contribution >= 4 is 0 Å². The van der Waals surface area contributed by atoms with Gasteiger partial charge in [-0.05, 0) is 137 Å². The van der Waals surface area contributed by atoms with E-state index in [1.165, 1.54) is 148 Å². The zero-order valence-electron chi connectivity index (χ0n) is 28.9. The van der Waals surface area contributed by atoms with E-state index in [2.05, 4.69) is 33.0 Å². The molecule has 0 heterocycles. The molecule has 246 valence electrons. The molecular formula is C39H74N2O. The van der Waals surface area contributed by atoms with Crippen LogP contribution in [0.2, 0.25) is 0 Å². The molecule has 0 aromatic carbocycles. The van der Waals surface area contributed by atoms with Gasteiger partial charge in [0.1, 0.15) is 0 Å². The van der Waals surface area contributed by atoms with Gasteiger partial charge in [-0.2, -0.15) is 0 Å². The van der Waals surface area contributed by atoms with Crippen LogP contribution in [0.25, 0.3) is 0 Å². The van der Waals surface area contributed by atoms with E-state index >= 15 is 0 Å². The van der Waals surface area contributed by atoms with Crippen LogP contribution in [0.15, 0.2) is 0 Å². The highest BCUT2D eigenvalue weighted by molar-refractivity contribution is 5.11. The Morgan fingerprint density at radius 3 is 2.19 bits per heavy atom. The van der Waals surface area contributed by atoms with E-state index in [1.54, 1.807) is 0 Å². The van der Waals surface area contributed by atoms with Crippen LogP contribution in [-0.2, 0) is 4.74 Å². The molecule has 4 rings (SSSR count). The molecule has 3 heteroatoms. The largest absolute Gasteiger partial charge is 0.378 e. The van der Waals surface area contributed by atoms with E-state index in [0.717, 1.165) is 55.1 Å². The summed E-state index contributed by atoms with van der Waals surface area (Å²) < 4.78 is 6.80. The first-order valence-corrected chi connectivity index (χ1v) is 19.5. The Kier molecular flexibility index (Phi) is 14.5. The minimum atomic E-state index is 0.492. The molecule has 0 radical (unpaired) electrons. The van der Waals surface area contributed by atoms with Gasteiger partial charge in [-0.1, -0.05) is 98.3 Å². The fourth-order valence-electron chi connectivity index (χ4n) is 11.3. The summed E-state index contributed by atoms with van der Waals surface area (Å²) in [7, 11) is 0. The minimum absolute atomic E-state index is 0.492. The maximum absolute atomic E-state index is 6.80. The standard InChI is InChI=1S/C39H74N2O/c1-5-6-7-8-9-10-11-12-13-16-27-41-28-17-19-31(2)33-21-22-34-37-35(23-25-39(33,34)4)38(3)24-15-14-20-32(38)30-36(37)42-29-18-26-40/h31-37,41H,5-30,40H2,1-4H3/t31-,32?,33?,34?,35?,36?,37?,38?,39?/m1/s1. The first kappa shape index (κ1) is 34.7. The molecule has 4 aliphatic carbocycles. The summed E-state index contributed by atoms with van der Waals surface area (Å²) in [5, 5.41) is 3.79. The van der Waals surface area contributed by atoms with Gasteiger partial charge in [0.25, 0.3) is 0 Å². The molecule has 0 aliphatic heterocycles. The number of rotatable bonds is 20. The minimum Gasteiger partial charge on any atom is -0.378 e. The Bertz CT molecular complexity index is 742. The Balaban J connectivity index is 1.19. The molecule has 0 amide bonds. The third-order valence-corrected chi connectivity index (χ3v) is 13.7. The van der Waals surface area contributed by atoms with Crippen LogP contribution in [0.5, 0.6) is 0 Å². The second-order valence-electron chi connectivity index (χ2n) is 16.3. The van der Waals surface area contributed by atoms with Crippen molar-refractivity contribution in [3.63, 3.8) is 0 Å². The molecule has 0 aromatic rings. The number of ether oxygens (including phenoxy) is 1.